The molecule has 0 amide bonds. The third-order valence-corrected chi connectivity index (χ3v) is 2.78. The van der Waals surface area contributed by atoms with Crippen LogP contribution in [0.25, 0.3) is 0 Å². The van der Waals surface area contributed by atoms with E-state index >= 15 is 0 Å². The molecule has 0 aliphatic rings. The van der Waals surface area contributed by atoms with Crippen molar-refractivity contribution in [1.29, 1.82) is 0 Å². The Balaban J connectivity index is 2.21. The number of hydrazine groups is 1. The zero-order valence-corrected chi connectivity index (χ0v) is 13.4. The number of hydrogen-bond acceptors (Lipinski definition) is 5. The van der Waals surface area contributed by atoms with E-state index in [0.29, 0.717) is 19.9 Å². The lowest BCUT2D eigenvalue weighted by Crippen LogP contribution is -2.50. The van der Waals surface area contributed by atoms with Crippen molar-refractivity contribution in [2.24, 2.45) is 0 Å². The van der Waals surface area contributed by atoms with Crippen LogP contribution in [0.4, 0.5) is 0 Å². The molecular weight excluding hydrogens is 280 g/mol. The van der Waals surface area contributed by atoms with Crippen LogP contribution in [0.15, 0.2) is 30.3 Å². The molecule has 0 bridgehead atoms. The fourth-order valence-corrected chi connectivity index (χ4v) is 1.69. The molecule has 0 unspecified atom stereocenters. The molecule has 22 heavy (non-hydrogen) atoms. The van der Waals surface area contributed by atoms with Crippen molar-refractivity contribution < 1.29 is 14.3 Å². The predicted molar refractivity (Wildman–Crippen MR) is 85.5 cm³/mol. The molecule has 0 saturated heterocycles. The number of ether oxygens (including phenoxy) is 2. The average molecular weight is 304 g/mol. The minimum absolute atomic E-state index is 0.249. The highest BCUT2D eigenvalue weighted by molar-refractivity contribution is 5.70. The van der Waals surface area contributed by atoms with Crippen molar-refractivity contribution >= 4 is 5.97 Å². The average Bonchev–Trinajstić information content (AvgIpc) is 2.49. The van der Waals surface area contributed by atoms with Gasteiger partial charge < -0.3 is 9.47 Å². The first kappa shape index (κ1) is 18.2. The normalized spacial score (nSPS) is 10.7. The number of nitrogens with one attached hydrogen (secondary N) is 2. The van der Waals surface area contributed by atoms with Crippen LogP contribution < -0.4 is 10.9 Å². The number of hydrogen-bond donors (Lipinski definition) is 2. The Labute approximate surface area is 132 Å². The van der Waals surface area contributed by atoms with Crippen molar-refractivity contribution in [3.63, 3.8) is 0 Å². The van der Waals surface area contributed by atoms with Crippen LogP contribution >= 0.6 is 0 Å². The molecule has 0 fully saturated rings. The lowest BCUT2D eigenvalue weighted by atomic mass is 10.0. The number of carbonyl (C=O) groups excluding carboxylic acids is 1. The molecule has 0 saturated carbocycles. The van der Waals surface area contributed by atoms with Gasteiger partial charge in [-0.2, -0.15) is 0 Å². The molecule has 0 aliphatic carbocycles. The molecule has 0 spiro atoms. The van der Waals surface area contributed by atoms with Gasteiger partial charge in [-0.05, 0) is 26.3 Å². The van der Waals surface area contributed by atoms with Gasteiger partial charge in [0.15, 0.2) is 0 Å². The van der Waals surface area contributed by atoms with E-state index in [0.717, 1.165) is 5.56 Å². The third kappa shape index (κ3) is 8.42. The van der Waals surface area contributed by atoms with Crippen molar-refractivity contribution in [2.75, 3.05) is 13.3 Å². The predicted octanol–water partition coefficient (Wildman–Crippen LogP) is 1.99. The molecule has 120 valence electrons. The minimum atomic E-state index is -0.437. The lowest BCUT2D eigenvalue weighted by Gasteiger charge is -2.25. The Kier molecular flexibility index (Phi) is 8.23. The van der Waals surface area contributed by atoms with E-state index in [1.54, 1.807) is 6.92 Å². The number of rotatable bonds is 9. The van der Waals surface area contributed by atoms with E-state index in [1.165, 1.54) is 0 Å². The summed E-state index contributed by atoms with van der Waals surface area (Å²) in [6.07, 6.45) is 0.252. The lowest BCUT2D eigenvalue weighted by molar-refractivity contribution is -0.146. The molecule has 1 aromatic rings. The fraction of sp³-hybridized carbons (Fsp3) is 0.471. The Morgan fingerprint density at radius 3 is 2.68 bits per heavy atom. The fourth-order valence-electron chi connectivity index (χ4n) is 1.69. The maximum Gasteiger partial charge on any atom is 0.308 e. The second kappa shape index (κ2) is 9.96. The quantitative estimate of drug-likeness (QED) is 0.240. The van der Waals surface area contributed by atoms with Crippen LogP contribution in [-0.2, 0) is 20.9 Å². The van der Waals surface area contributed by atoms with Gasteiger partial charge in [0.1, 0.15) is 19.9 Å². The summed E-state index contributed by atoms with van der Waals surface area (Å²) in [7, 11) is 0. The van der Waals surface area contributed by atoms with Gasteiger partial charge in [0.2, 0.25) is 0 Å². The smallest absolute Gasteiger partial charge is 0.308 e. The summed E-state index contributed by atoms with van der Waals surface area (Å²) in [4.78, 5) is 11.9. The molecule has 2 N–H and O–H groups in total. The van der Waals surface area contributed by atoms with Crippen LogP contribution in [0.5, 0.6) is 0 Å². The van der Waals surface area contributed by atoms with E-state index in [2.05, 4.69) is 22.7 Å². The summed E-state index contributed by atoms with van der Waals surface area (Å²) in [5.41, 5.74) is 6.50. The maximum atomic E-state index is 11.9. The Bertz CT molecular complexity index is 504. The second-order valence-corrected chi connectivity index (χ2v) is 5.43. The van der Waals surface area contributed by atoms with E-state index in [4.69, 9.17) is 9.47 Å². The maximum absolute atomic E-state index is 11.9. The van der Waals surface area contributed by atoms with Crippen molar-refractivity contribution in [3.8, 4) is 11.8 Å². The molecule has 5 heteroatoms. The largest absolute Gasteiger partial charge is 0.461 e. The summed E-state index contributed by atoms with van der Waals surface area (Å²) in [5.74, 6) is 5.29. The Morgan fingerprint density at radius 2 is 2.00 bits per heavy atom. The molecule has 1 rings (SSSR count). The van der Waals surface area contributed by atoms with E-state index in [9.17, 15) is 4.79 Å². The third-order valence-electron chi connectivity index (χ3n) is 2.78. The highest BCUT2D eigenvalue weighted by atomic mass is 16.5. The van der Waals surface area contributed by atoms with Crippen molar-refractivity contribution in [2.45, 2.75) is 39.3 Å². The first-order valence-electron chi connectivity index (χ1n) is 7.20. The summed E-state index contributed by atoms with van der Waals surface area (Å²) in [6.45, 7) is 6.58. The topological polar surface area (TPSA) is 59.6 Å². The molecule has 0 aromatic heterocycles. The van der Waals surface area contributed by atoms with E-state index in [-0.39, 0.29) is 12.4 Å². The number of esters is 1. The highest BCUT2D eigenvalue weighted by Gasteiger charge is 2.22. The first-order chi connectivity index (χ1) is 10.5. The van der Waals surface area contributed by atoms with Crippen LogP contribution in [0.1, 0.15) is 32.8 Å². The summed E-state index contributed by atoms with van der Waals surface area (Å²) < 4.78 is 10.5. The number of carbonyl (C=O) groups is 1. The van der Waals surface area contributed by atoms with Crippen molar-refractivity contribution in [1.82, 2.24) is 10.9 Å². The van der Waals surface area contributed by atoms with E-state index < -0.39 is 5.54 Å². The monoisotopic (exact) mass is 304 g/mol. The van der Waals surface area contributed by atoms with Crippen LogP contribution in [0.2, 0.25) is 0 Å². The summed E-state index contributed by atoms with van der Waals surface area (Å²) in [5, 5.41) is 0. The zero-order chi connectivity index (χ0) is 16.3. The summed E-state index contributed by atoms with van der Waals surface area (Å²) >= 11 is 0. The standard InChI is InChI=1S/C17H24N2O3/c1-4-5-11-21-14-18-19-17(2,3)12-16(20)22-13-15-9-7-6-8-10-15/h6-10,18-19H,11-14H2,1-3H3. The Morgan fingerprint density at radius 1 is 1.27 bits per heavy atom. The molecule has 0 atom stereocenters. The minimum Gasteiger partial charge on any atom is -0.461 e. The highest BCUT2D eigenvalue weighted by Crippen LogP contribution is 2.10. The molecule has 5 nitrogen and oxygen atoms in total. The van der Waals surface area contributed by atoms with Gasteiger partial charge in [0, 0.05) is 5.54 Å². The molecule has 1 aromatic carbocycles. The first-order valence-corrected chi connectivity index (χ1v) is 7.20. The van der Waals surface area contributed by atoms with Gasteiger partial charge in [0.25, 0.3) is 0 Å². The van der Waals surface area contributed by atoms with Crippen LogP contribution in [0, 0.1) is 11.8 Å². The second-order valence-electron chi connectivity index (χ2n) is 5.43. The molecule has 0 heterocycles. The van der Waals surface area contributed by atoms with Gasteiger partial charge in [-0.15, -0.1) is 5.92 Å². The number of benzene rings is 1. The summed E-state index contributed by atoms with van der Waals surface area (Å²) in [6, 6.07) is 9.62. The zero-order valence-electron chi connectivity index (χ0n) is 13.4. The molecular formula is C17H24N2O3. The molecule has 0 aliphatic heterocycles. The van der Waals surface area contributed by atoms with Crippen LogP contribution in [-0.4, -0.2) is 24.8 Å². The molecule has 0 radical (unpaired) electrons. The van der Waals surface area contributed by atoms with Gasteiger partial charge in [-0.1, -0.05) is 36.3 Å². The van der Waals surface area contributed by atoms with Gasteiger partial charge in [-0.25, -0.2) is 10.9 Å². The van der Waals surface area contributed by atoms with Gasteiger partial charge in [0.05, 0.1) is 6.42 Å². The van der Waals surface area contributed by atoms with Gasteiger partial charge in [-0.3, -0.25) is 4.79 Å². The van der Waals surface area contributed by atoms with Gasteiger partial charge >= 0.3 is 5.97 Å². The van der Waals surface area contributed by atoms with E-state index in [1.807, 2.05) is 44.2 Å². The van der Waals surface area contributed by atoms with Crippen molar-refractivity contribution in [3.05, 3.63) is 35.9 Å². The van der Waals surface area contributed by atoms with Crippen LogP contribution in [0.3, 0.4) is 0 Å². The Hall–Kier alpha value is -1.87. The SMILES string of the molecule is CC#CCOCNNC(C)(C)CC(=O)OCc1ccccc1.